The van der Waals surface area contributed by atoms with E-state index < -0.39 is 23.6 Å². The van der Waals surface area contributed by atoms with Gasteiger partial charge < -0.3 is 4.57 Å². The standard InChI is InChI=1S/C24H19F3N4O2S/c1-13-7-8-28-20(9-13)30-14(2)10-16(15(30)3)11-19-21(32)29-23(34)31(22(19)33)18-6-4-5-17(12-18)24(25,26)27/h4-12H,1-3H3,(H,29,32,34)/b19-11+. The fraction of sp³-hybridized carbons (Fsp3) is 0.167. The zero-order valence-corrected chi connectivity index (χ0v) is 19.2. The molecule has 3 aromatic rings. The van der Waals surface area contributed by atoms with Crippen molar-refractivity contribution in [2.75, 3.05) is 4.90 Å². The Hall–Kier alpha value is -3.79. The van der Waals surface area contributed by atoms with E-state index >= 15 is 0 Å². The molecular formula is C24H19F3N4O2S. The molecule has 1 saturated heterocycles. The van der Waals surface area contributed by atoms with Gasteiger partial charge in [-0.25, -0.2) is 4.98 Å². The number of nitrogens with one attached hydrogen (secondary N) is 1. The summed E-state index contributed by atoms with van der Waals surface area (Å²) in [4.78, 5) is 31.1. The van der Waals surface area contributed by atoms with Gasteiger partial charge in [0.25, 0.3) is 11.8 Å². The number of aryl methyl sites for hydroxylation is 2. The molecule has 0 atom stereocenters. The van der Waals surface area contributed by atoms with Crippen molar-refractivity contribution in [3.8, 4) is 5.82 Å². The van der Waals surface area contributed by atoms with Crippen molar-refractivity contribution in [3.05, 3.63) is 82.3 Å². The maximum absolute atomic E-state index is 13.2. The summed E-state index contributed by atoms with van der Waals surface area (Å²) >= 11 is 5.10. The predicted molar refractivity (Wildman–Crippen MR) is 125 cm³/mol. The van der Waals surface area contributed by atoms with E-state index in [0.717, 1.165) is 34.0 Å². The molecule has 34 heavy (non-hydrogen) atoms. The molecule has 6 nitrogen and oxygen atoms in total. The zero-order chi connectivity index (χ0) is 24.8. The highest BCUT2D eigenvalue weighted by Gasteiger charge is 2.36. The van der Waals surface area contributed by atoms with Gasteiger partial charge in [-0.05, 0) is 86.6 Å². The summed E-state index contributed by atoms with van der Waals surface area (Å²) in [7, 11) is 0. The van der Waals surface area contributed by atoms with E-state index in [-0.39, 0.29) is 16.4 Å². The molecular weight excluding hydrogens is 465 g/mol. The lowest BCUT2D eigenvalue weighted by atomic mass is 10.1. The number of aromatic nitrogens is 2. The molecule has 1 aliphatic rings. The minimum absolute atomic E-state index is 0.0924. The third-order valence-corrected chi connectivity index (χ3v) is 5.72. The number of hydrogen-bond acceptors (Lipinski definition) is 4. The molecule has 0 spiro atoms. The number of amides is 2. The maximum Gasteiger partial charge on any atom is 0.416 e. The number of thiocarbonyl (C=S) groups is 1. The molecule has 2 amide bonds. The number of nitrogens with zero attached hydrogens (tertiary/aromatic N) is 3. The van der Waals surface area contributed by atoms with Gasteiger partial charge in [-0.2, -0.15) is 13.2 Å². The molecule has 4 rings (SSSR count). The van der Waals surface area contributed by atoms with Crippen molar-refractivity contribution < 1.29 is 22.8 Å². The highest BCUT2D eigenvalue weighted by Crippen LogP contribution is 2.33. The Bertz CT molecular complexity index is 1370. The predicted octanol–water partition coefficient (Wildman–Crippen LogP) is 4.65. The molecule has 0 radical (unpaired) electrons. The number of carbonyl (C=O) groups excluding carboxylic acids is 2. The Balaban J connectivity index is 1.76. The molecule has 1 aromatic carbocycles. The van der Waals surface area contributed by atoms with Gasteiger partial charge in [0, 0.05) is 17.6 Å². The van der Waals surface area contributed by atoms with Crippen LogP contribution >= 0.6 is 12.2 Å². The molecule has 1 fully saturated rings. The van der Waals surface area contributed by atoms with Crippen LogP contribution in [0.4, 0.5) is 18.9 Å². The van der Waals surface area contributed by atoms with E-state index in [9.17, 15) is 22.8 Å². The van der Waals surface area contributed by atoms with E-state index in [1.54, 1.807) is 12.3 Å². The van der Waals surface area contributed by atoms with Crippen molar-refractivity contribution in [3.63, 3.8) is 0 Å². The number of rotatable bonds is 3. The first-order chi connectivity index (χ1) is 16.0. The number of alkyl halides is 3. The Morgan fingerprint density at radius 3 is 2.47 bits per heavy atom. The molecule has 1 aliphatic heterocycles. The third kappa shape index (κ3) is 4.24. The smallest absolute Gasteiger partial charge is 0.303 e. The SMILES string of the molecule is Cc1ccnc(-n2c(C)cc(/C=C3\C(=O)NC(=S)N(c4cccc(C(F)(F)F)c4)C3=O)c2C)c1. The van der Waals surface area contributed by atoms with Crippen LogP contribution in [0.15, 0.2) is 54.2 Å². The lowest BCUT2D eigenvalue weighted by Crippen LogP contribution is -2.54. The highest BCUT2D eigenvalue weighted by molar-refractivity contribution is 7.80. The minimum Gasteiger partial charge on any atom is -0.303 e. The quantitative estimate of drug-likeness (QED) is 0.334. The molecule has 3 heterocycles. The monoisotopic (exact) mass is 484 g/mol. The Morgan fingerprint density at radius 2 is 1.79 bits per heavy atom. The lowest BCUT2D eigenvalue weighted by Gasteiger charge is -2.29. The normalized spacial score (nSPS) is 15.8. The minimum atomic E-state index is -4.60. The summed E-state index contributed by atoms with van der Waals surface area (Å²) in [6, 6.07) is 9.79. The van der Waals surface area contributed by atoms with E-state index in [1.165, 1.54) is 18.2 Å². The highest BCUT2D eigenvalue weighted by atomic mass is 32.1. The van der Waals surface area contributed by atoms with Crippen LogP contribution in [0.2, 0.25) is 0 Å². The van der Waals surface area contributed by atoms with Crippen LogP contribution in [0.1, 0.15) is 28.1 Å². The van der Waals surface area contributed by atoms with Gasteiger partial charge in [0.05, 0.1) is 11.3 Å². The second-order valence-electron chi connectivity index (χ2n) is 7.86. The van der Waals surface area contributed by atoms with Crippen LogP contribution in [0, 0.1) is 20.8 Å². The lowest BCUT2D eigenvalue weighted by molar-refractivity contribution is -0.137. The van der Waals surface area contributed by atoms with Gasteiger partial charge in [-0.15, -0.1) is 0 Å². The van der Waals surface area contributed by atoms with Gasteiger partial charge in [0.15, 0.2) is 5.11 Å². The van der Waals surface area contributed by atoms with Gasteiger partial charge in [-0.1, -0.05) is 6.07 Å². The molecule has 174 valence electrons. The first kappa shape index (κ1) is 23.4. The molecule has 2 aromatic heterocycles. The van der Waals surface area contributed by atoms with Crippen LogP contribution in [0.3, 0.4) is 0 Å². The van der Waals surface area contributed by atoms with Crippen LogP contribution in [-0.4, -0.2) is 26.5 Å². The van der Waals surface area contributed by atoms with Crippen LogP contribution < -0.4 is 10.2 Å². The van der Waals surface area contributed by atoms with Gasteiger partial charge in [0.1, 0.15) is 11.4 Å². The van der Waals surface area contributed by atoms with E-state index in [4.69, 9.17) is 12.2 Å². The Kier molecular flexibility index (Phi) is 5.86. The number of hydrogen-bond donors (Lipinski definition) is 1. The summed E-state index contributed by atoms with van der Waals surface area (Å²) in [6.07, 6.45) is -1.50. The summed E-state index contributed by atoms with van der Waals surface area (Å²) in [6.45, 7) is 5.63. The summed E-state index contributed by atoms with van der Waals surface area (Å²) in [5, 5.41) is 2.10. The van der Waals surface area contributed by atoms with Gasteiger partial charge in [-0.3, -0.25) is 19.8 Å². The first-order valence-electron chi connectivity index (χ1n) is 10.2. The summed E-state index contributed by atoms with van der Waals surface area (Å²) in [5.41, 5.74) is 1.91. The number of pyridine rings is 1. The third-order valence-electron chi connectivity index (χ3n) is 5.43. The van der Waals surface area contributed by atoms with Gasteiger partial charge >= 0.3 is 6.18 Å². The Labute approximate surface area is 198 Å². The molecule has 0 aliphatic carbocycles. The van der Waals surface area contributed by atoms with Crippen LogP contribution in [-0.2, 0) is 15.8 Å². The summed E-state index contributed by atoms with van der Waals surface area (Å²) < 4.78 is 41.4. The van der Waals surface area contributed by atoms with Crippen molar-refractivity contribution in [2.24, 2.45) is 0 Å². The fourth-order valence-corrected chi connectivity index (χ4v) is 4.08. The van der Waals surface area contributed by atoms with Crippen molar-refractivity contribution in [2.45, 2.75) is 26.9 Å². The van der Waals surface area contributed by atoms with Gasteiger partial charge in [0.2, 0.25) is 0 Å². The van der Waals surface area contributed by atoms with Crippen LogP contribution in [0.5, 0.6) is 0 Å². The van der Waals surface area contributed by atoms with Crippen LogP contribution in [0.25, 0.3) is 11.9 Å². The maximum atomic E-state index is 13.2. The second-order valence-corrected chi connectivity index (χ2v) is 8.25. The van der Waals surface area contributed by atoms with E-state index in [1.807, 2.05) is 37.5 Å². The van der Waals surface area contributed by atoms with Crippen molar-refractivity contribution in [1.82, 2.24) is 14.9 Å². The van der Waals surface area contributed by atoms with E-state index in [2.05, 4.69) is 10.3 Å². The number of carbonyl (C=O) groups is 2. The molecule has 0 bridgehead atoms. The Morgan fingerprint density at radius 1 is 1.06 bits per heavy atom. The van der Waals surface area contributed by atoms with Crippen molar-refractivity contribution >= 4 is 40.9 Å². The first-order valence-corrected chi connectivity index (χ1v) is 10.6. The topological polar surface area (TPSA) is 67.2 Å². The largest absolute Gasteiger partial charge is 0.416 e. The fourth-order valence-electron chi connectivity index (χ4n) is 3.80. The average Bonchev–Trinajstić information content (AvgIpc) is 3.03. The second kappa shape index (κ2) is 8.53. The molecule has 1 N–H and O–H groups in total. The number of anilines is 1. The average molecular weight is 485 g/mol. The molecule has 0 unspecified atom stereocenters. The number of halogens is 3. The van der Waals surface area contributed by atoms with Crippen molar-refractivity contribution in [1.29, 1.82) is 0 Å². The number of benzene rings is 1. The van der Waals surface area contributed by atoms with E-state index in [0.29, 0.717) is 11.4 Å². The summed E-state index contributed by atoms with van der Waals surface area (Å²) in [5.74, 6) is -0.853. The molecule has 0 saturated carbocycles. The molecule has 10 heteroatoms. The zero-order valence-electron chi connectivity index (χ0n) is 18.4.